The molecular formula is C21H20N4O4. The number of rotatable bonds is 7. The van der Waals surface area contributed by atoms with Gasteiger partial charge in [-0.1, -0.05) is 6.07 Å². The van der Waals surface area contributed by atoms with Gasteiger partial charge in [0, 0.05) is 43.1 Å². The molecule has 29 heavy (non-hydrogen) atoms. The predicted octanol–water partition coefficient (Wildman–Crippen LogP) is 2.68. The maximum absolute atomic E-state index is 12.6. The standard InChI is InChI=1S/C21H20N4O4/c1-28-18-6-5-17(9-19(18)29-2)25-21(27)16-8-15(12-23-13-16)20(26)24-11-14-4-3-7-22-10-14/h3-10,12-13H,11H2,1-2H3,(H,24,26)(H,25,27). The smallest absolute Gasteiger partial charge is 0.257 e. The van der Waals surface area contributed by atoms with Crippen LogP contribution in [0.25, 0.3) is 0 Å². The molecule has 3 aromatic rings. The molecule has 0 aliphatic carbocycles. The number of aromatic nitrogens is 2. The third kappa shape index (κ3) is 5.07. The molecular weight excluding hydrogens is 372 g/mol. The molecule has 0 atom stereocenters. The van der Waals surface area contributed by atoms with Crippen LogP contribution in [-0.2, 0) is 6.54 Å². The van der Waals surface area contributed by atoms with Gasteiger partial charge in [-0.2, -0.15) is 0 Å². The van der Waals surface area contributed by atoms with E-state index in [0.29, 0.717) is 23.7 Å². The minimum Gasteiger partial charge on any atom is -0.493 e. The fourth-order valence-corrected chi connectivity index (χ4v) is 2.59. The van der Waals surface area contributed by atoms with E-state index in [1.165, 1.54) is 32.7 Å². The third-order valence-corrected chi connectivity index (χ3v) is 4.08. The summed E-state index contributed by atoms with van der Waals surface area (Å²) in [6.45, 7) is 0.328. The van der Waals surface area contributed by atoms with E-state index in [1.807, 2.05) is 6.07 Å². The average Bonchev–Trinajstić information content (AvgIpc) is 2.78. The van der Waals surface area contributed by atoms with E-state index in [-0.39, 0.29) is 17.0 Å². The highest BCUT2D eigenvalue weighted by molar-refractivity contribution is 6.06. The monoisotopic (exact) mass is 392 g/mol. The van der Waals surface area contributed by atoms with Gasteiger partial charge in [0.25, 0.3) is 11.8 Å². The second-order valence-corrected chi connectivity index (χ2v) is 6.03. The number of nitrogens with zero attached hydrogens (tertiary/aromatic N) is 2. The van der Waals surface area contributed by atoms with Crippen LogP contribution in [-0.4, -0.2) is 36.0 Å². The molecule has 0 unspecified atom stereocenters. The van der Waals surface area contributed by atoms with Crippen LogP contribution in [0.5, 0.6) is 11.5 Å². The molecule has 1 aromatic carbocycles. The normalized spacial score (nSPS) is 10.1. The number of nitrogens with one attached hydrogen (secondary N) is 2. The highest BCUT2D eigenvalue weighted by Crippen LogP contribution is 2.29. The van der Waals surface area contributed by atoms with E-state index in [2.05, 4.69) is 20.6 Å². The Kier molecular flexibility index (Phi) is 6.36. The van der Waals surface area contributed by atoms with Gasteiger partial charge in [0.15, 0.2) is 11.5 Å². The van der Waals surface area contributed by atoms with Crippen molar-refractivity contribution in [1.29, 1.82) is 0 Å². The first-order valence-electron chi connectivity index (χ1n) is 8.76. The summed E-state index contributed by atoms with van der Waals surface area (Å²) in [6.07, 6.45) is 6.14. The van der Waals surface area contributed by atoms with Crippen molar-refractivity contribution in [3.63, 3.8) is 0 Å². The molecule has 2 amide bonds. The molecule has 0 radical (unpaired) electrons. The number of carbonyl (C=O) groups is 2. The van der Waals surface area contributed by atoms with Crippen LogP contribution in [0, 0.1) is 0 Å². The number of pyridine rings is 2. The Hall–Kier alpha value is -3.94. The molecule has 0 saturated carbocycles. The van der Waals surface area contributed by atoms with Gasteiger partial charge in [0.2, 0.25) is 0 Å². The Balaban J connectivity index is 1.68. The summed E-state index contributed by atoms with van der Waals surface area (Å²) in [5, 5.41) is 5.53. The number of methoxy groups -OCH3 is 2. The molecule has 0 aliphatic rings. The van der Waals surface area contributed by atoms with Crippen molar-refractivity contribution >= 4 is 17.5 Å². The number of anilines is 1. The van der Waals surface area contributed by atoms with Gasteiger partial charge in [-0.15, -0.1) is 0 Å². The maximum atomic E-state index is 12.6. The van der Waals surface area contributed by atoms with Gasteiger partial charge in [-0.25, -0.2) is 0 Å². The van der Waals surface area contributed by atoms with Crippen molar-refractivity contribution < 1.29 is 19.1 Å². The van der Waals surface area contributed by atoms with Crippen LogP contribution < -0.4 is 20.1 Å². The first kappa shape index (κ1) is 19.8. The van der Waals surface area contributed by atoms with Gasteiger partial charge in [0.05, 0.1) is 25.3 Å². The SMILES string of the molecule is COc1ccc(NC(=O)c2cncc(C(=O)NCc3cccnc3)c2)cc1OC. The Morgan fingerprint density at radius 3 is 2.34 bits per heavy atom. The Bertz CT molecular complexity index is 1010. The number of amides is 2. The molecule has 2 heterocycles. The van der Waals surface area contributed by atoms with Crippen LogP contribution in [0.3, 0.4) is 0 Å². The van der Waals surface area contributed by atoms with E-state index in [4.69, 9.17) is 9.47 Å². The highest BCUT2D eigenvalue weighted by Gasteiger charge is 2.13. The first-order chi connectivity index (χ1) is 14.1. The second kappa shape index (κ2) is 9.32. The van der Waals surface area contributed by atoms with Crippen LogP contribution in [0.1, 0.15) is 26.3 Å². The molecule has 0 bridgehead atoms. The van der Waals surface area contributed by atoms with Crippen molar-refractivity contribution in [2.75, 3.05) is 19.5 Å². The van der Waals surface area contributed by atoms with Crippen LogP contribution in [0.15, 0.2) is 61.2 Å². The van der Waals surface area contributed by atoms with Gasteiger partial charge < -0.3 is 20.1 Å². The summed E-state index contributed by atoms with van der Waals surface area (Å²) in [7, 11) is 3.05. The topological polar surface area (TPSA) is 102 Å². The molecule has 8 heteroatoms. The number of benzene rings is 1. The zero-order valence-electron chi connectivity index (χ0n) is 16.0. The molecule has 0 spiro atoms. The number of hydrogen-bond acceptors (Lipinski definition) is 6. The lowest BCUT2D eigenvalue weighted by Crippen LogP contribution is -2.23. The van der Waals surface area contributed by atoms with E-state index in [9.17, 15) is 9.59 Å². The van der Waals surface area contributed by atoms with Gasteiger partial charge in [0.1, 0.15) is 0 Å². The minimum absolute atomic E-state index is 0.258. The Morgan fingerprint density at radius 1 is 0.897 bits per heavy atom. The molecule has 2 N–H and O–H groups in total. The van der Waals surface area contributed by atoms with E-state index < -0.39 is 5.91 Å². The molecule has 8 nitrogen and oxygen atoms in total. The van der Waals surface area contributed by atoms with Gasteiger partial charge in [-0.3, -0.25) is 19.6 Å². The molecule has 0 aliphatic heterocycles. The second-order valence-electron chi connectivity index (χ2n) is 6.03. The van der Waals surface area contributed by atoms with Crippen LogP contribution in [0.4, 0.5) is 5.69 Å². The van der Waals surface area contributed by atoms with E-state index >= 15 is 0 Å². The molecule has 0 saturated heterocycles. The van der Waals surface area contributed by atoms with Crippen molar-refractivity contribution in [2.45, 2.75) is 6.54 Å². The lowest BCUT2D eigenvalue weighted by molar-refractivity contribution is 0.0950. The highest BCUT2D eigenvalue weighted by atomic mass is 16.5. The maximum Gasteiger partial charge on any atom is 0.257 e. The van der Waals surface area contributed by atoms with Crippen molar-refractivity contribution in [2.24, 2.45) is 0 Å². The number of hydrogen-bond donors (Lipinski definition) is 2. The van der Waals surface area contributed by atoms with Crippen LogP contribution >= 0.6 is 0 Å². The summed E-state index contributed by atoms with van der Waals surface area (Å²) >= 11 is 0. The fraction of sp³-hybridized carbons (Fsp3) is 0.143. The quantitative estimate of drug-likeness (QED) is 0.641. The summed E-state index contributed by atoms with van der Waals surface area (Å²) in [6, 6.07) is 10.2. The Labute approximate surface area is 167 Å². The number of carbonyl (C=O) groups excluding carboxylic acids is 2. The fourth-order valence-electron chi connectivity index (χ4n) is 2.59. The van der Waals surface area contributed by atoms with Crippen molar-refractivity contribution in [3.05, 3.63) is 77.9 Å². The molecule has 3 rings (SSSR count). The van der Waals surface area contributed by atoms with Crippen molar-refractivity contribution in [3.8, 4) is 11.5 Å². The average molecular weight is 392 g/mol. The van der Waals surface area contributed by atoms with Crippen LogP contribution in [0.2, 0.25) is 0 Å². The number of ether oxygens (including phenoxy) is 2. The lowest BCUT2D eigenvalue weighted by Gasteiger charge is -2.11. The van der Waals surface area contributed by atoms with Crippen molar-refractivity contribution in [1.82, 2.24) is 15.3 Å². The zero-order valence-corrected chi connectivity index (χ0v) is 16.0. The predicted molar refractivity (Wildman–Crippen MR) is 107 cm³/mol. The Morgan fingerprint density at radius 2 is 1.66 bits per heavy atom. The largest absolute Gasteiger partial charge is 0.493 e. The van der Waals surface area contributed by atoms with Gasteiger partial charge >= 0.3 is 0 Å². The summed E-state index contributed by atoms with van der Waals surface area (Å²) in [5.41, 5.74) is 1.94. The molecule has 0 fully saturated rings. The third-order valence-electron chi connectivity index (χ3n) is 4.08. The molecule has 148 valence electrons. The summed E-state index contributed by atoms with van der Waals surface area (Å²) < 4.78 is 10.4. The first-order valence-corrected chi connectivity index (χ1v) is 8.76. The van der Waals surface area contributed by atoms with E-state index in [0.717, 1.165) is 5.56 Å². The van der Waals surface area contributed by atoms with Gasteiger partial charge in [-0.05, 0) is 29.8 Å². The zero-order chi connectivity index (χ0) is 20.6. The lowest BCUT2D eigenvalue weighted by atomic mass is 10.1. The summed E-state index contributed by atoms with van der Waals surface area (Å²) in [5.74, 6) is 0.320. The van der Waals surface area contributed by atoms with E-state index in [1.54, 1.807) is 36.7 Å². The summed E-state index contributed by atoms with van der Waals surface area (Å²) in [4.78, 5) is 32.9. The molecule has 2 aromatic heterocycles. The minimum atomic E-state index is -0.397.